The second kappa shape index (κ2) is 48.6. The average molecular weight is 831 g/mol. The summed E-state index contributed by atoms with van der Waals surface area (Å²) in [5, 5.41) is 0. The number of hydrogen-bond acceptors (Lipinski definition) is 6. The molecular formula is C53H98O6. The number of hydrogen-bond donors (Lipinski definition) is 0. The van der Waals surface area contributed by atoms with E-state index in [2.05, 4.69) is 45.1 Å². The summed E-state index contributed by atoms with van der Waals surface area (Å²) in [6.45, 7) is 6.60. The van der Waals surface area contributed by atoms with E-state index in [4.69, 9.17) is 14.2 Å². The Kier molecular flexibility index (Phi) is 46.8. The standard InChI is InChI=1S/C53H98O6/c1-4-7-10-13-16-19-22-24-26-27-28-30-31-34-37-40-43-46-52(55)58-49-50(48-57-51(54)45-42-39-36-33-21-18-15-12-9-6-3)59-53(56)47-44-41-38-35-32-29-25-23-20-17-14-11-8-5-2/h14,17,23,25,50H,4-13,15-16,18-22,24,26-49H2,1-3H3/b17-14-,25-23-/t50-/m1/s1. The zero-order chi connectivity index (χ0) is 43.0. The van der Waals surface area contributed by atoms with Gasteiger partial charge in [-0.2, -0.15) is 0 Å². The summed E-state index contributed by atoms with van der Waals surface area (Å²) in [6, 6.07) is 0. The average Bonchev–Trinajstić information content (AvgIpc) is 3.23. The Morgan fingerprint density at radius 2 is 0.627 bits per heavy atom. The Hall–Kier alpha value is -2.11. The Balaban J connectivity index is 4.31. The highest BCUT2D eigenvalue weighted by Crippen LogP contribution is 2.16. The number of rotatable bonds is 47. The molecule has 0 saturated carbocycles. The fourth-order valence-electron chi connectivity index (χ4n) is 7.52. The number of carbonyl (C=O) groups is 3. The molecule has 59 heavy (non-hydrogen) atoms. The maximum Gasteiger partial charge on any atom is 0.306 e. The lowest BCUT2D eigenvalue weighted by Gasteiger charge is -2.18. The first-order chi connectivity index (χ1) is 29.0. The first-order valence-electron chi connectivity index (χ1n) is 25.8. The van der Waals surface area contributed by atoms with Crippen molar-refractivity contribution >= 4 is 17.9 Å². The van der Waals surface area contributed by atoms with Gasteiger partial charge in [0.25, 0.3) is 0 Å². The van der Waals surface area contributed by atoms with Gasteiger partial charge in [-0.05, 0) is 44.9 Å². The van der Waals surface area contributed by atoms with Crippen LogP contribution in [0.15, 0.2) is 24.3 Å². The number of unbranched alkanes of at least 4 members (excludes halogenated alkanes) is 32. The van der Waals surface area contributed by atoms with Gasteiger partial charge in [0.2, 0.25) is 0 Å². The lowest BCUT2D eigenvalue weighted by Crippen LogP contribution is -2.30. The normalized spacial score (nSPS) is 12.1. The van der Waals surface area contributed by atoms with Crippen molar-refractivity contribution in [2.24, 2.45) is 0 Å². The number of esters is 3. The van der Waals surface area contributed by atoms with Crippen LogP contribution in [0.25, 0.3) is 0 Å². The molecular weight excluding hydrogens is 733 g/mol. The van der Waals surface area contributed by atoms with Gasteiger partial charge in [-0.25, -0.2) is 0 Å². The van der Waals surface area contributed by atoms with Gasteiger partial charge in [0.15, 0.2) is 6.10 Å². The minimum absolute atomic E-state index is 0.0723. The van der Waals surface area contributed by atoms with Crippen LogP contribution in [-0.4, -0.2) is 37.2 Å². The van der Waals surface area contributed by atoms with E-state index >= 15 is 0 Å². The Morgan fingerprint density at radius 1 is 0.339 bits per heavy atom. The van der Waals surface area contributed by atoms with E-state index < -0.39 is 6.10 Å². The van der Waals surface area contributed by atoms with Crippen molar-refractivity contribution in [2.45, 2.75) is 284 Å². The second-order valence-electron chi connectivity index (χ2n) is 17.4. The fraction of sp³-hybridized carbons (Fsp3) is 0.868. The monoisotopic (exact) mass is 831 g/mol. The molecule has 0 unspecified atom stereocenters. The van der Waals surface area contributed by atoms with Crippen LogP contribution < -0.4 is 0 Å². The topological polar surface area (TPSA) is 78.9 Å². The van der Waals surface area contributed by atoms with E-state index in [-0.39, 0.29) is 31.1 Å². The van der Waals surface area contributed by atoms with Crippen molar-refractivity contribution in [3.63, 3.8) is 0 Å². The predicted molar refractivity (Wildman–Crippen MR) is 252 cm³/mol. The van der Waals surface area contributed by atoms with Crippen molar-refractivity contribution in [3.8, 4) is 0 Å². The molecule has 0 bridgehead atoms. The summed E-state index contributed by atoms with van der Waals surface area (Å²) in [4.78, 5) is 37.9. The van der Waals surface area contributed by atoms with Crippen molar-refractivity contribution in [1.29, 1.82) is 0 Å². The van der Waals surface area contributed by atoms with Gasteiger partial charge < -0.3 is 14.2 Å². The molecule has 0 rings (SSSR count). The van der Waals surface area contributed by atoms with E-state index in [0.717, 1.165) is 83.5 Å². The van der Waals surface area contributed by atoms with Crippen LogP contribution in [0.2, 0.25) is 0 Å². The van der Waals surface area contributed by atoms with Crippen LogP contribution in [0.5, 0.6) is 0 Å². The number of ether oxygens (including phenoxy) is 3. The first kappa shape index (κ1) is 56.9. The fourth-order valence-corrected chi connectivity index (χ4v) is 7.52. The van der Waals surface area contributed by atoms with E-state index in [9.17, 15) is 14.4 Å². The minimum atomic E-state index is -0.771. The van der Waals surface area contributed by atoms with E-state index in [1.807, 2.05) is 0 Å². The largest absolute Gasteiger partial charge is 0.462 e. The molecule has 0 aliphatic rings. The minimum Gasteiger partial charge on any atom is -0.462 e. The molecule has 0 N–H and O–H groups in total. The third-order valence-corrected chi connectivity index (χ3v) is 11.5. The molecule has 6 nitrogen and oxygen atoms in total. The van der Waals surface area contributed by atoms with Crippen LogP contribution in [0.1, 0.15) is 278 Å². The van der Waals surface area contributed by atoms with Crippen LogP contribution in [-0.2, 0) is 28.6 Å². The van der Waals surface area contributed by atoms with Crippen LogP contribution in [0, 0.1) is 0 Å². The summed E-state index contributed by atoms with van der Waals surface area (Å²) in [7, 11) is 0. The quantitative estimate of drug-likeness (QED) is 0.0263. The van der Waals surface area contributed by atoms with Gasteiger partial charge in [0.1, 0.15) is 13.2 Å². The molecule has 0 amide bonds. The van der Waals surface area contributed by atoms with Gasteiger partial charge in [-0.15, -0.1) is 0 Å². The zero-order valence-corrected chi connectivity index (χ0v) is 39.5. The summed E-state index contributed by atoms with van der Waals surface area (Å²) in [6.07, 6.45) is 54.5. The molecule has 0 saturated heterocycles. The molecule has 346 valence electrons. The third-order valence-electron chi connectivity index (χ3n) is 11.5. The molecule has 0 aromatic carbocycles. The van der Waals surface area contributed by atoms with E-state index in [1.54, 1.807) is 0 Å². The van der Waals surface area contributed by atoms with Crippen LogP contribution >= 0.6 is 0 Å². The summed E-state index contributed by atoms with van der Waals surface area (Å²) >= 11 is 0. The Labute approximate surface area is 366 Å². The molecule has 0 aliphatic heterocycles. The molecule has 6 heteroatoms. The highest BCUT2D eigenvalue weighted by Gasteiger charge is 2.19. The molecule has 0 radical (unpaired) electrons. The molecule has 0 aromatic rings. The summed E-state index contributed by atoms with van der Waals surface area (Å²) in [5.74, 6) is -0.874. The molecule has 0 spiro atoms. The van der Waals surface area contributed by atoms with Crippen molar-refractivity contribution in [2.75, 3.05) is 13.2 Å². The SMILES string of the molecule is CCCC/C=C\C/C=C\CCCCCCCC(=O)O[C@H](COC(=O)CCCCCCCCCCCC)COC(=O)CCCCCCCCCCCCCCCCCCC. The summed E-state index contributed by atoms with van der Waals surface area (Å²) < 4.78 is 16.8. The Bertz CT molecular complexity index is 958. The highest BCUT2D eigenvalue weighted by molar-refractivity contribution is 5.71. The molecule has 0 aliphatic carbocycles. The van der Waals surface area contributed by atoms with E-state index in [0.29, 0.717) is 19.3 Å². The van der Waals surface area contributed by atoms with Crippen molar-refractivity contribution in [1.82, 2.24) is 0 Å². The van der Waals surface area contributed by atoms with E-state index in [1.165, 1.54) is 154 Å². The van der Waals surface area contributed by atoms with Crippen LogP contribution in [0.3, 0.4) is 0 Å². The predicted octanol–water partition coefficient (Wildman–Crippen LogP) is 16.8. The maximum atomic E-state index is 12.8. The third kappa shape index (κ3) is 46.8. The highest BCUT2D eigenvalue weighted by atomic mass is 16.6. The molecule has 0 aromatic heterocycles. The molecule has 1 atom stereocenters. The van der Waals surface area contributed by atoms with Gasteiger partial charge in [-0.1, -0.05) is 238 Å². The second-order valence-corrected chi connectivity index (χ2v) is 17.4. The first-order valence-corrected chi connectivity index (χ1v) is 25.8. The summed E-state index contributed by atoms with van der Waals surface area (Å²) in [5.41, 5.74) is 0. The van der Waals surface area contributed by atoms with Gasteiger partial charge in [0.05, 0.1) is 0 Å². The molecule has 0 heterocycles. The van der Waals surface area contributed by atoms with Gasteiger partial charge in [0, 0.05) is 19.3 Å². The zero-order valence-electron chi connectivity index (χ0n) is 39.5. The maximum absolute atomic E-state index is 12.8. The molecule has 0 fully saturated rings. The Morgan fingerprint density at radius 3 is 0.983 bits per heavy atom. The smallest absolute Gasteiger partial charge is 0.306 e. The van der Waals surface area contributed by atoms with Gasteiger partial charge >= 0.3 is 17.9 Å². The number of carbonyl (C=O) groups excluding carboxylic acids is 3. The van der Waals surface area contributed by atoms with Gasteiger partial charge in [-0.3, -0.25) is 14.4 Å². The number of allylic oxidation sites excluding steroid dienone is 4. The lowest BCUT2D eigenvalue weighted by molar-refractivity contribution is -0.167. The van der Waals surface area contributed by atoms with Crippen LogP contribution in [0.4, 0.5) is 0 Å². The van der Waals surface area contributed by atoms with Crippen molar-refractivity contribution < 1.29 is 28.6 Å². The lowest BCUT2D eigenvalue weighted by atomic mass is 10.0. The van der Waals surface area contributed by atoms with Crippen molar-refractivity contribution in [3.05, 3.63) is 24.3 Å².